The summed E-state index contributed by atoms with van der Waals surface area (Å²) in [4.78, 5) is 15.4. The molecule has 0 aliphatic rings. The molecule has 0 saturated carbocycles. The third-order valence-electron chi connectivity index (χ3n) is 4.22. The first kappa shape index (κ1) is 16.1. The molecule has 1 heterocycles. The number of H-pyrrole nitrogens is 1. The smallest absolute Gasteiger partial charge is 0.224 e. The quantitative estimate of drug-likeness (QED) is 0.731. The Hall–Kier alpha value is -2.75. The van der Waals surface area contributed by atoms with Crippen molar-refractivity contribution < 1.29 is 9.53 Å². The van der Waals surface area contributed by atoms with E-state index in [0.29, 0.717) is 13.0 Å². The zero-order chi connectivity index (χ0) is 16.9. The van der Waals surface area contributed by atoms with Crippen molar-refractivity contribution in [2.45, 2.75) is 19.8 Å². The van der Waals surface area contributed by atoms with Crippen LogP contribution in [0.2, 0.25) is 0 Å². The van der Waals surface area contributed by atoms with Crippen molar-refractivity contribution in [2.75, 3.05) is 13.7 Å². The van der Waals surface area contributed by atoms with Crippen LogP contribution < -0.4 is 10.1 Å². The van der Waals surface area contributed by atoms with Crippen LogP contribution in [0.15, 0.2) is 48.7 Å². The molecular weight excluding hydrogens is 300 g/mol. The van der Waals surface area contributed by atoms with Gasteiger partial charge in [0, 0.05) is 23.6 Å². The van der Waals surface area contributed by atoms with Crippen molar-refractivity contribution in [3.05, 3.63) is 65.4 Å². The molecule has 3 rings (SSSR count). The normalized spacial score (nSPS) is 10.8. The second kappa shape index (κ2) is 7.21. The number of rotatable bonds is 6. The highest BCUT2D eigenvalue weighted by atomic mass is 16.5. The molecule has 3 aromatic rings. The van der Waals surface area contributed by atoms with Gasteiger partial charge in [0.1, 0.15) is 5.75 Å². The van der Waals surface area contributed by atoms with Crippen LogP contribution in [0.4, 0.5) is 0 Å². The Morgan fingerprint density at radius 3 is 2.83 bits per heavy atom. The van der Waals surface area contributed by atoms with Gasteiger partial charge in [-0.05, 0) is 42.2 Å². The Kier molecular flexibility index (Phi) is 4.85. The molecular formula is C20H22N2O2. The fourth-order valence-electron chi connectivity index (χ4n) is 2.97. The van der Waals surface area contributed by atoms with Gasteiger partial charge >= 0.3 is 0 Å². The lowest BCUT2D eigenvalue weighted by Gasteiger charge is -2.08. The van der Waals surface area contributed by atoms with Crippen molar-refractivity contribution in [3.63, 3.8) is 0 Å². The van der Waals surface area contributed by atoms with Crippen LogP contribution in [-0.4, -0.2) is 24.5 Å². The zero-order valence-corrected chi connectivity index (χ0v) is 14.1. The first-order chi connectivity index (χ1) is 11.7. The van der Waals surface area contributed by atoms with Gasteiger partial charge in [-0.3, -0.25) is 4.79 Å². The van der Waals surface area contributed by atoms with E-state index in [4.69, 9.17) is 4.74 Å². The van der Waals surface area contributed by atoms with E-state index in [-0.39, 0.29) is 5.91 Å². The summed E-state index contributed by atoms with van der Waals surface area (Å²) in [5.41, 5.74) is 4.40. The Morgan fingerprint density at radius 2 is 2.04 bits per heavy atom. The molecule has 2 aromatic carbocycles. The number of amides is 1. The molecule has 1 amide bonds. The maximum absolute atomic E-state index is 12.1. The summed E-state index contributed by atoms with van der Waals surface area (Å²) in [7, 11) is 1.65. The van der Waals surface area contributed by atoms with E-state index in [2.05, 4.69) is 22.4 Å². The number of aromatic amines is 1. The van der Waals surface area contributed by atoms with Crippen molar-refractivity contribution in [1.29, 1.82) is 0 Å². The summed E-state index contributed by atoms with van der Waals surface area (Å²) in [5, 5.41) is 4.22. The SMILES string of the molecule is COc1ccc(CC(=O)NCCc2c[nH]c3ccccc23)cc1C. The summed E-state index contributed by atoms with van der Waals surface area (Å²) in [6.45, 7) is 2.62. The molecule has 0 radical (unpaired) electrons. The lowest BCUT2D eigenvalue weighted by atomic mass is 10.1. The predicted octanol–water partition coefficient (Wildman–Crippen LogP) is 3.39. The Labute approximate surface area is 141 Å². The lowest BCUT2D eigenvalue weighted by Crippen LogP contribution is -2.27. The third kappa shape index (κ3) is 3.59. The third-order valence-corrected chi connectivity index (χ3v) is 4.22. The van der Waals surface area contributed by atoms with E-state index in [0.717, 1.165) is 28.8 Å². The van der Waals surface area contributed by atoms with Crippen LogP contribution in [0.25, 0.3) is 10.9 Å². The number of aryl methyl sites for hydroxylation is 1. The molecule has 0 unspecified atom stereocenters. The van der Waals surface area contributed by atoms with Gasteiger partial charge in [0.05, 0.1) is 13.5 Å². The summed E-state index contributed by atoms with van der Waals surface area (Å²) < 4.78 is 5.24. The molecule has 0 spiro atoms. The number of nitrogens with one attached hydrogen (secondary N) is 2. The predicted molar refractivity (Wildman–Crippen MR) is 96.4 cm³/mol. The minimum atomic E-state index is 0.0411. The number of hydrogen-bond donors (Lipinski definition) is 2. The van der Waals surface area contributed by atoms with E-state index in [1.165, 1.54) is 10.9 Å². The molecule has 24 heavy (non-hydrogen) atoms. The minimum Gasteiger partial charge on any atom is -0.496 e. The number of methoxy groups -OCH3 is 1. The number of ether oxygens (including phenoxy) is 1. The molecule has 0 fully saturated rings. The number of para-hydroxylation sites is 1. The number of aromatic nitrogens is 1. The van der Waals surface area contributed by atoms with Gasteiger partial charge in [-0.15, -0.1) is 0 Å². The molecule has 4 heteroatoms. The van der Waals surface area contributed by atoms with Crippen molar-refractivity contribution in [1.82, 2.24) is 10.3 Å². The molecule has 1 aromatic heterocycles. The van der Waals surface area contributed by atoms with E-state index >= 15 is 0 Å². The molecule has 2 N–H and O–H groups in total. The number of benzene rings is 2. The monoisotopic (exact) mass is 322 g/mol. The first-order valence-electron chi connectivity index (χ1n) is 8.12. The topological polar surface area (TPSA) is 54.1 Å². The van der Waals surface area contributed by atoms with E-state index in [9.17, 15) is 4.79 Å². The first-order valence-corrected chi connectivity index (χ1v) is 8.12. The summed E-state index contributed by atoms with van der Waals surface area (Å²) in [6.07, 6.45) is 3.22. The van der Waals surface area contributed by atoms with E-state index in [1.807, 2.05) is 43.5 Å². The van der Waals surface area contributed by atoms with Gasteiger partial charge in [0.15, 0.2) is 0 Å². The minimum absolute atomic E-state index is 0.0411. The summed E-state index contributed by atoms with van der Waals surface area (Å²) in [5.74, 6) is 0.887. The molecule has 0 aliphatic heterocycles. The highest BCUT2D eigenvalue weighted by Gasteiger charge is 2.07. The van der Waals surface area contributed by atoms with Crippen LogP contribution in [0.1, 0.15) is 16.7 Å². The van der Waals surface area contributed by atoms with Gasteiger partial charge in [0.2, 0.25) is 5.91 Å². The highest BCUT2D eigenvalue weighted by Crippen LogP contribution is 2.19. The van der Waals surface area contributed by atoms with Crippen molar-refractivity contribution >= 4 is 16.8 Å². The molecule has 0 aliphatic carbocycles. The number of hydrogen-bond acceptors (Lipinski definition) is 2. The Bertz CT molecular complexity index is 852. The summed E-state index contributed by atoms with van der Waals surface area (Å²) in [6, 6.07) is 14.0. The summed E-state index contributed by atoms with van der Waals surface area (Å²) >= 11 is 0. The molecule has 4 nitrogen and oxygen atoms in total. The van der Waals surface area contributed by atoms with Gasteiger partial charge in [0.25, 0.3) is 0 Å². The van der Waals surface area contributed by atoms with Gasteiger partial charge in [-0.1, -0.05) is 30.3 Å². The molecule has 0 atom stereocenters. The standard InChI is InChI=1S/C20H22N2O2/c1-14-11-15(7-8-19(14)24-2)12-20(23)21-10-9-16-13-22-18-6-4-3-5-17(16)18/h3-8,11,13,22H,9-10,12H2,1-2H3,(H,21,23). The molecule has 0 saturated heterocycles. The van der Waals surface area contributed by atoms with Crippen molar-refractivity contribution in [2.24, 2.45) is 0 Å². The Morgan fingerprint density at radius 1 is 1.21 bits per heavy atom. The average Bonchev–Trinajstić information content (AvgIpc) is 2.98. The fourth-order valence-corrected chi connectivity index (χ4v) is 2.97. The van der Waals surface area contributed by atoms with Crippen molar-refractivity contribution in [3.8, 4) is 5.75 Å². The van der Waals surface area contributed by atoms with E-state index in [1.54, 1.807) is 7.11 Å². The second-order valence-corrected chi connectivity index (χ2v) is 5.94. The largest absolute Gasteiger partial charge is 0.496 e. The number of fused-ring (bicyclic) bond motifs is 1. The second-order valence-electron chi connectivity index (χ2n) is 5.94. The maximum atomic E-state index is 12.1. The Balaban J connectivity index is 1.53. The van der Waals surface area contributed by atoms with Crippen LogP contribution >= 0.6 is 0 Å². The average molecular weight is 322 g/mol. The fraction of sp³-hybridized carbons (Fsp3) is 0.250. The van der Waals surface area contributed by atoms with Gasteiger partial charge in [-0.25, -0.2) is 0 Å². The van der Waals surface area contributed by atoms with Gasteiger partial charge < -0.3 is 15.0 Å². The number of carbonyl (C=O) groups excluding carboxylic acids is 1. The zero-order valence-electron chi connectivity index (χ0n) is 14.1. The van der Waals surface area contributed by atoms with Crippen LogP contribution in [0.3, 0.4) is 0 Å². The molecule has 124 valence electrons. The number of carbonyl (C=O) groups is 1. The highest BCUT2D eigenvalue weighted by molar-refractivity contribution is 5.83. The van der Waals surface area contributed by atoms with Gasteiger partial charge in [-0.2, -0.15) is 0 Å². The lowest BCUT2D eigenvalue weighted by molar-refractivity contribution is -0.120. The van der Waals surface area contributed by atoms with Crippen LogP contribution in [0, 0.1) is 6.92 Å². The molecule has 0 bridgehead atoms. The van der Waals surface area contributed by atoms with E-state index < -0.39 is 0 Å². The maximum Gasteiger partial charge on any atom is 0.224 e. The van der Waals surface area contributed by atoms with Crippen LogP contribution in [-0.2, 0) is 17.6 Å². The van der Waals surface area contributed by atoms with Crippen LogP contribution in [0.5, 0.6) is 5.75 Å².